The third-order valence-electron chi connectivity index (χ3n) is 4.61. The topological polar surface area (TPSA) is 66.9 Å². The predicted molar refractivity (Wildman–Crippen MR) is 104 cm³/mol. The number of nitrogens with one attached hydrogen (secondary N) is 2. The molecule has 6 heteroatoms. The van der Waals surface area contributed by atoms with E-state index in [2.05, 4.69) is 26.7 Å². The van der Waals surface area contributed by atoms with Crippen molar-refractivity contribution in [3.8, 4) is 0 Å². The van der Waals surface area contributed by atoms with Crippen LogP contribution in [0.15, 0.2) is 42.0 Å². The molecule has 0 saturated carbocycles. The van der Waals surface area contributed by atoms with Crippen molar-refractivity contribution >= 4 is 11.7 Å². The summed E-state index contributed by atoms with van der Waals surface area (Å²) in [5.41, 5.74) is 2.28. The van der Waals surface area contributed by atoms with E-state index in [0.717, 1.165) is 19.3 Å². The number of amides is 1. The molecule has 1 aromatic heterocycles. The predicted octanol–water partition coefficient (Wildman–Crippen LogP) is 4.16. The number of halogens is 1. The summed E-state index contributed by atoms with van der Waals surface area (Å²) in [7, 11) is 0. The summed E-state index contributed by atoms with van der Waals surface area (Å²) in [5, 5.41) is 5.99. The van der Waals surface area contributed by atoms with Gasteiger partial charge in [0, 0.05) is 24.7 Å². The first-order chi connectivity index (χ1) is 13.1. The summed E-state index contributed by atoms with van der Waals surface area (Å²) < 4.78 is 13.7. The standard InChI is InChI=1S/C21H25FN4O/c1-15-25-19(21(27)23-12-11-16-7-3-2-4-8-16)13-20(26-15)24-14-17-9-5-6-10-18(17)22/h5-7,9-10,13H,2-4,8,11-12,14H2,1H3,(H,23,27)(H,24,25,26). The van der Waals surface area contributed by atoms with E-state index in [1.807, 2.05) is 0 Å². The maximum absolute atomic E-state index is 13.7. The Morgan fingerprint density at radius 3 is 2.85 bits per heavy atom. The monoisotopic (exact) mass is 368 g/mol. The third-order valence-corrected chi connectivity index (χ3v) is 4.61. The van der Waals surface area contributed by atoms with Gasteiger partial charge in [0.15, 0.2) is 0 Å². The molecule has 0 aliphatic heterocycles. The van der Waals surface area contributed by atoms with Crippen molar-refractivity contribution in [2.45, 2.75) is 45.6 Å². The SMILES string of the molecule is Cc1nc(NCc2ccccc2F)cc(C(=O)NCCC2=CCCCC2)n1. The van der Waals surface area contributed by atoms with Crippen LogP contribution in [0.3, 0.4) is 0 Å². The van der Waals surface area contributed by atoms with E-state index in [9.17, 15) is 9.18 Å². The highest BCUT2D eigenvalue weighted by atomic mass is 19.1. The van der Waals surface area contributed by atoms with Crippen molar-refractivity contribution in [2.75, 3.05) is 11.9 Å². The van der Waals surface area contributed by atoms with E-state index in [1.54, 1.807) is 31.2 Å². The molecule has 0 bridgehead atoms. The second-order valence-corrected chi connectivity index (χ2v) is 6.74. The van der Waals surface area contributed by atoms with Gasteiger partial charge in [-0.2, -0.15) is 0 Å². The van der Waals surface area contributed by atoms with Gasteiger partial charge in [0.2, 0.25) is 0 Å². The fraction of sp³-hybridized carbons (Fsp3) is 0.381. The van der Waals surface area contributed by atoms with Crippen molar-refractivity contribution in [1.82, 2.24) is 15.3 Å². The van der Waals surface area contributed by atoms with E-state index in [-0.39, 0.29) is 11.7 Å². The summed E-state index contributed by atoms with van der Waals surface area (Å²) in [5.74, 6) is 0.510. The summed E-state index contributed by atoms with van der Waals surface area (Å²) in [6, 6.07) is 8.17. The van der Waals surface area contributed by atoms with Gasteiger partial charge >= 0.3 is 0 Å². The van der Waals surface area contributed by atoms with Gasteiger partial charge in [0.1, 0.15) is 23.2 Å². The van der Waals surface area contributed by atoms with Crippen LogP contribution in [0.25, 0.3) is 0 Å². The lowest BCUT2D eigenvalue weighted by molar-refractivity contribution is 0.0948. The van der Waals surface area contributed by atoms with Gasteiger partial charge in [-0.15, -0.1) is 0 Å². The number of nitrogens with zero attached hydrogens (tertiary/aromatic N) is 2. The van der Waals surface area contributed by atoms with Crippen molar-refractivity contribution in [3.05, 3.63) is 64.9 Å². The second kappa shape index (κ2) is 9.26. The maximum Gasteiger partial charge on any atom is 0.270 e. The fourth-order valence-electron chi connectivity index (χ4n) is 3.16. The molecule has 0 fully saturated rings. The molecule has 3 rings (SSSR count). The summed E-state index contributed by atoms with van der Waals surface area (Å²) in [6.45, 7) is 2.63. The largest absolute Gasteiger partial charge is 0.366 e. The van der Waals surface area contributed by atoms with E-state index < -0.39 is 0 Å². The first kappa shape index (κ1) is 19.0. The average Bonchev–Trinajstić information content (AvgIpc) is 2.68. The quantitative estimate of drug-likeness (QED) is 0.720. The van der Waals surface area contributed by atoms with Crippen molar-refractivity contribution < 1.29 is 9.18 Å². The van der Waals surface area contributed by atoms with Crippen LogP contribution >= 0.6 is 0 Å². The van der Waals surface area contributed by atoms with Crippen LogP contribution in [0.2, 0.25) is 0 Å². The zero-order valence-electron chi connectivity index (χ0n) is 15.6. The van der Waals surface area contributed by atoms with Gasteiger partial charge in [-0.05, 0) is 45.1 Å². The molecule has 0 unspecified atom stereocenters. The molecule has 2 aromatic rings. The Morgan fingerprint density at radius 1 is 1.22 bits per heavy atom. The minimum Gasteiger partial charge on any atom is -0.366 e. The van der Waals surface area contributed by atoms with Crippen molar-refractivity contribution in [3.63, 3.8) is 0 Å². The zero-order valence-corrected chi connectivity index (χ0v) is 15.6. The highest BCUT2D eigenvalue weighted by Crippen LogP contribution is 2.19. The normalized spacial score (nSPS) is 13.8. The van der Waals surface area contributed by atoms with Gasteiger partial charge in [0.05, 0.1) is 0 Å². The Kier molecular flexibility index (Phi) is 6.52. The molecule has 0 atom stereocenters. The number of carbonyl (C=O) groups excluding carboxylic acids is 1. The molecule has 1 aliphatic carbocycles. The van der Waals surface area contributed by atoms with Gasteiger partial charge < -0.3 is 10.6 Å². The minimum atomic E-state index is -0.272. The Balaban J connectivity index is 1.57. The number of aryl methyl sites for hydroxylation is 1. The Hall–Kier alpha value is -2.76. The number of hydrogen-bond acceptors (Lipinski definition) is 4. The van der Waals surface area contributed by atoms with Crippen LogP contribution in [-0.4, -0.2) is 22.4 Å². The first-order valence-electron chi connectivity index (χ1n) is 9.41. The molecule has 1 amide bonds. The summed E-state index contributed by atoms with van der Waals surface area (Å²) in [6.07, 6.45) is 7.95. The first-order valence-corrected chi connectivity index (χ1v) is 9.41. The van der Waals surface area contributed by atoms with Crippen LogP contribution in [0.5, 0.6) is 0 Å². The van der Waals surface area contributed by atoms with Crippen LogP contribution in [0, 0.1) is 12.7 Å². The van der Waals surface area contributed by atoms with Crippen molar-refractivity contribution in [1.29, 1.82) is 0 Å². The lowest BCUT2D eigenvalue weighted by atomic mass is 9.97. The molecule has 0 radical (unpaired) electrons. The number of carbonyl (C=O) groups is 1. The molecule has 5 nitrogen and oxygen atoms in total. The van der Waals surface area contributed by atoms with Crippen LogP contribution in [-0.2, 0) is 6.54 Å². The number of anilines is 1. The molecule has 0 spiro atoms. The van der Waals surface area contributed by atoms with E-state index >= 15 is 0 Å². The van der Waals surface area contributed by atoms with Crippen LogP contribution in [0.1, 0.15) is 54.0 Å². The highest BCUT2D eigenvalue weighted by molar-refractivity contribution is 5.92. The Morgan fingerprint density at radius 2 is 2.07 bits per heavy atom. The van der Waals surface area contributed by atoms with E-state index in [0.29, 0.717) is 36.0 Å². The molecular weight excluding hydrogens is 343 g/mol. The van der Waals surface area contributed by atoms with Gasteiger partial charge in [-0.1, -0.05) is 29.8 Å². The van der Waals surface area contributed by atoms with Crippen molar-refractivity contribution in [2.24, 2.45) is 0 Å². The lowest BCUT2D eigenvalue weighted by Crippen LogP contribution is -2.26. The van der Waals surface area contributed by atoms with Gasteiger partial charge in [0.25, 0.3) is 5.91 Å². The maximum atomic E-state index is 13.7. The molecule has 1 aliphatic rings. The fourth-order valence-corrected chi connectivity index (χ4v) is 3.16. The average molecular weight is 368 g/mol. The third kappa shape index (κ3) is 5.61. The Bertz CT molecular complexity index is 835. The van der Waals surface area contributed by atoms with Crippen LogP contribution < -0.4 is 10.6 Å². The second-order valence-electron chi connectivity index (χ2n) is 6.74. The summed E-state index contributed by atoms with van der Waals surface area (Å²) in [4.78, 5) is 20.9. The molecule has 2 N–H and O–H groups in total. The number of benzene rings is 1. The number of rotatable bonds is 7. The number of allylic oxidation sites excluding steroid dienone is 1. The molecule has 27 heavy (non-hydrogen) atoms. The molecule has 1 aromatic carbocycles. The van der Waals surface area contributed by atoms with Gasteiger partial charge in [-0.25, -0.2) is 14.4 Å². The highest BCUT2D eigenvalue weighted by Gasteiger charge is 2.11. The van der Waals surface area contributed by atoms with Crippen LogP contribution in [0.4, 0.5) is 10.2 Å². The molecule has 1 heterocycles. The van der Waals surface area contributed by atoms with Gasteiger partial charge in [-0.3, -0.25) is 4.79 Å². The zero-order chi connectivity index (χ0) is 19.1. The molecule has 142 valence electrons. The van der Waals surface area contributed by atoms with E-state index in [4.69, 9.17) is 0 Å². The smallest absolute Gasteiger partial charge is 0.270 e. The molecule has 0 saturated heterocycles. The summed E-state index contributed by atoms with van der Waals surface area (Å²) >= 11 is 0. The van der Waals surface area contributed by atoms with E-state index in [1.165, 1.54) is 24.5 Å². The minimum absolute atomic E-state index is 0.217. The lowest BCUT2D eigenvalue weighted by Gasteiger charge is -2.13. The number of aromatic nitrogens is 2. The molecular formula is C21H25FN4O. The Labute approximate surface area is 159 Å². The number of hydrogen-bond donors (Lipinski definition) is 2.